The number of imidazole rings is 1. The molecule has 0 aliphatic carbocycles. The van der Waals surface area contributed by atoms with Gasteiger partial charge in [-0.1, -0.05) is 26.0 Å². The maximum atomic E-state index is 6.25. The number of hydrogen-bond acceptors (Lipinski definition) is 1. The predicted octanol–water partition coefficient (Wildman–Crippen LogP) is 4.55. The smallest absolute Gasteiger partial charge is 0.127 e. The SMILES string of the molecule is CC(Cl)c1nc2ccccc2n1C(C)C(C)C. The van der Waals surface area contributed by atoms with E-state index in [4.69, 9.17) is 11.6 Å². The van der Waals surface area contributed by atoms with Crippen molar-refractivity contribution in [1.29, 1.82) is 0 Å². The molecule has 3 heteroatoms. The monoisotopic (exact) mass is 250 g/mol. The Labute approximate surface area is 108 Å². The molecule has 17 heavy (non-hydrogen) atoms. The Bertz CT molecular complexity index is 514. The van der Waals surface area contributed by atoms with Gasteiger partial charge in [0.2, 0.25) is 0 Å². The van der Waals surface area contributed by atoms with E-state index in [0.29, 0.717) is 12.0 Å². The molecule has 2 aromatic rings. The molecule has 1 aromatic carbocycles. The second-order valence-corrected chi connectivity index (χ2v) is 5.58. The number of benzene rings is 1. The van der Waals surface area contributed by atoms with E-state index < -0.39 is 0 Å². The van der Waals surface area contributed by atoms with Gasteiger partial charge in [0, 0.05) is 6.04 Å². The van der Waals surface area contributed by atoms with Crippen molar-refractivity contribution >= 4 is 22.6 Å². The van der Waals surface area contributed by atoms with Gasteiger partial charge < -0.3 is 4.57 Å². The molecule has 0 saturated carbocycles. The third kappa shape index (κ3) is 2.19. The lowest BCUT2D eigenvalue weighted by Crippen LogP contribution is -2.14. The van der Waals surface area contributed by atoms with E-state index in [1.165, 1.54) is 5.52 Å². The molecule has 0 saturated heterocycles. The normalized spacial score (nSPS) is 15.4. The summed E-state index contributed by atoms with van der Waals surface area (Å²) < 4.78 is 2.28. The van der Waals surface area contributed by atoms with E-state index >= 15 is 0 Å². The molecule has 2 unspecified atom stereocenters. The molecule has 0 fully saturated rings. The van der Waals surface area contributed by atoms with Gasteiger partial charge in [0.1, 0.15) is 5.82 Å². The molecule has 0 N–H and O–H groups in total. The van der Waals surface area contributed by atoms with Crippen molar-refractivity contribution in [2.24, 2.45) is 5.92 Å². The summed E-state index contributed by atoms with van der Waals surface area (Å²) in [6.07, 6.45) is 0. The summed E-state index contributed by atoms with van der Waals surface area (Å²) in [6, 6.07) is 8.63. The summed E-state index contributed by atoms with van der Waals surface area (Å²) in [6.45, 7) is 8.65. The first kappa shape index (κ1) is 12.4. The van der Waals surface area contributed by atoms with Crippen LogP contribution in [-0.4, -0.2) is 9.55 Å². The topological polar surface area (TPSA) is 17.8 Å². The first-order valence-corrected chi connectivity index (χ1v) is 6.57. The summed E-state index contributed by atoms with van der Waals surface area (Å²) in [5.74, 6) is 1.52. The van der Waals surface area contributed by atoms with Crippen LogP contribution in [0.15, 0.2) is 24.3 Å². The number of hydrogen-bond donors (Lipinski definition) is 0. The van der Waals surface area contributed by atoms with Crippen LogP contribution in [0.2, 0.25) is 0 Å². The molecular weight excluding hydrogens is 232 g/mol. The second kappa shape index (κ2) is 4.69. The number of rotatable bonds is 3. The largest absolute Gasteiger partial charge is 0.324 e. The Hall–Kier alpha value is -1.02. The third-order valence-electron chi connectivity index (χ3n) is 3.35. The minimum Gasteiger partial charge on any atom is -0.324 e. The Kier molecular flexibility index (Phi) is 3.43. The van der Waals surface area contributed by atoms with Gasteiger partial charge in [0.15, 0.2) is 0 Å². The average molecular weight is 251 g/mol. The molecule has 0 bridgehead atoms. The van der Waals surface area contributed by atoms with Crippen molar-refractivity contribution in [3.8, 4) is 0 Å². The first-order chi connectivity index (χ1) is 8.02. The van der Waals surface area contributed by atoms with Gasteiger partial charge >= 0.3 is 0 Å². The lowest BCUT2D eigenvalue weighted by atomic mass is 10.1. The molecule has 0 amide bonds. The van der Waals surface area contributed by atoms with Gasteiger partial charge in [-0.25, -0.2) is 4.98 Å². The molecule has 0 radical (unpaired) electrons. The number of halogens is 1. The number of nitrogens with zero attached hydrogens (tertiary/aromatic N) is 2. The molecule has 2 nitrogen and oxygen atoms in total. The van der Waals surface area contributed by atoms with E-state index in [1.54, 1.807) is 0 Å². The van der Waals surface area contributed by atoms with Crippen molar-refractivity contribution in [1.82, 2.24) is 9.55 Å². The van der Waals surface area contributed by atoms with Crippen molar-refractivity contribution in [2.45, 2.75) is 39.1 Å². The number of alkyl halides is 1. The zero-order valence-electron chi connectivity index (χ0n) is 10.8. The molecule has 0 spiro atoms. The highest BCUT2D eigenvalue weighted by molar-refractivity contribution is 6.20. The molecule has 0 aliphatic rings. The van der Waals surface area contributed by atoms with Crippen LogP contribution >= 0.6 is 11.6 Å². The van der Waals surface area contributed by atoms with Crippen LogP contribution < -0.4 is 0 Å². The molecule has 2 rings (SSSR count). The molecular formula is C14H19ClN2. The van der Waals surface area contributed by atoms with E-state index in [0.717, 1.165) is 11.3 Å². The zero-order chi connectivity index (χ0) is 12.6. The Morgan fingerprint density at radius 1 is 1.12 bits per heavy atom. The summed E-state index contributed by atoms with van der Waals surface area (Å²) in [5, 5.41) is -0.0661. The van der Waals surface area contributed by atoms with Crippen molar-refractivity contribution < 1.29 is 0 Å². The minimum absolute atomic E-state index is 0.0661. The predicted molar refractivity (Wildman–Crippen MR) is 73.6 cm³/mol. The zero-order valence-corrected chi connectivity index (χ0v) is 11.6. The summed E-state index contributed by atoms with van der Waals surface area (Å²) in [4.78, 5) is 4.65. The van der Waals surface area contributed by atoms with Crippen LogP contribution in [0.4, 0.5) is 0 Å². The molecule has 0 aliphatic heterocycles. The summed E-state index contributed by atoms with van der Waals surface area (Å²) in [7, 11) is 0. The van der Waals surface area contributed by atoms with Gasteiger partial charge in [0.05, 0.1) is 16.4 Å². The van der Waals surface area contributed by atoms with Gasteiger partial charge in [0.25, 0.3) is 0 Å². The third-order valence-corrected chi connectivity index (χ3v) is 3.55. The highest BCUT2D eigenvalue weighted by atomic mass is 35.5. The van der Waals surface area contributed by atoms with Crippen LogP contribution in [-0.2, 0) is 0 Å². The molecule has 2 atom stereocenters. The van der Waals surface area contributed by atoms with E-state index in [9.17, 15) is 0 Å². The lowest BCUT2D eigenvalue weighted by molar-refractivity contribution is 0.405. The van der Waals surface area contributed by atoms with Gasteiger partial charge in [-0.2, -0.15) is 0 Å². The van der Waals surface area contributed by atoms with Crippen molar-refractivity contribution in [3.63, 3.8) is 0 Å². The van der Waals surface area contributed by atoms with E-state index in [2.05, 4.69) is 42.5 Å². The maximum absolute atomic E-state index is 6.25. The van der Waals surface area contributed by atoms with Crippen LogP contribution in [0.3, 0.4) is 0 Å². The van der Waals surface area contributed by atoms with E-state index in [1.807, 2.05) is 19.1 Å². The summed E-state index contributed by atoms with van der Waals surface area (Å²) >= 11 is 6.25. The summed E-state index contributed by atoms with van der Waals surface area (Å²) in [5.41, 5.74) is 2.21. The fourth-order valence-corrected chi connectivity index (χ4v) is 2.22. The number of para-hydroxylation sites is 2. The number of aromatic nitrogens is 2. The highest BCUT2D eigenvalue weighted by Gasteiger charge is 2.20. The fourth-order valence-electron chi connectivity index (χ4n) is 2.07. The number of fused-ring (bicyclic) bond motifs is 1. The average Bonchev–Trinajstić information content (AvgIpc) is 2.67. The Morgan fingerprint density at radius 2 is 1.76 bits per heavy atom. The van der Waals surface area contributed by atoms with Gasteiger partial charge in [-0.15, -0.1) is 11.6 Å². The molecule has 1 heterocycles. The second-order valence-electron chi connectivity index (χ2n) is 4.93. The van der Waals surface area contributed by atoms with Crippen LogP contribution in [0.5, 0.6) is 0 Å². The maximum Gasteiger partial charge on any atom is 0.127 e. The standard InChI is InChI=1S/C14H19ClN2/c1-9(2)11(4)17-13-8-6-5-7-12(13)16-14(17)10(3)15/h5-11H,1-4H3. The minimum atomic E-state index is -0.0661. The van der Waals surface area contributed by atoms with Gasteiger partial charge in [-0.05, 0) is 31.9 Å². The van der Waals surface area contributed by atoms with Gasteiger partial charge in [-0.3, -0.25) is 0 Å². The molecule has 92 valence electrons. The quantitative estimate of drug-likeness (QED) is 0.731. The van der Waals surface area contributed by atoms with E-state index in [-0.39, 0.29) is 5.38 Å². The fraction of sp³-hybridized carbons (Fsp3) is 0.500. The van der Waals surface area contributed by atoms with Crippen molar-refractivity contribution in [3.05, 3.63) is 30.1 Å². The van der Waals surface area contributed by atoms with Crippen LogP contribution in [0, 0.1) is 5.92 Å². The molecule has 1 aromatic heterocycles. The van der Waals surface area contributed by atoms with Crippen LogP contribution in [0.25, 0.3) is 11.0 Å². The first-order valence-electron chi connectivity index (χ1n) is 6.13. The highest BCUT2D eigenvalue weighted by Crippen LogP contribution is 2.30. The Balaban J connectivity index is 2.68. The van der Waals surface area contributed by atoms with Crippen molar-refractivity contribution in [2.75, 3.05) is 0 Å². The lowest BCUT2D eigenvalue weighted by Gasteiger charge is -2.21. The van der Waals surface area contributed by atoms with Crippen LogP contribution in [0.1, 0.15) is 44.9 Å². The Morgan fingerprint density at radius 3 is 2.35 bits per heavy atom.